The van der Waals surface area contributed by atoms with Crippen molar-refractivity contribution < 1.29 is 9.53 Å². The van der Waals surface area contributed by atoms with Crippen LogP contribution in [0.3, 0.4) is 0 Å². The van der Waals surface area contributed by atoms with E-state index in [1.54, 1.807) is 6.92 Å². The summed E-state index contributed by atoms with van der Waals surface area (Å²) in [6.45, 7) is 3.09. The highest BCUT2D eigenvalue weighted by molar-refractivity contribution is 5.88. The minimum atomic E-state index is -0.401. The molecule has 2 rings (SSSR count). The largest absolute Gasteiger partial charge is 0.461 e. The number of hydrogen-bond donors (Lipinski definition) is 2. The van der Waals surface area contributed by atoms with Crippen molar-refractivity contribution >= 4 is 5.97 Å². The number of carbonyl (C=O) groups is 1. The second-order valence-electron chi connectivity index (χ2n) is 4.13. The highest BCUT2D eigenvalue weighted by Gasteiger charge is 2.25. The van der Waals surface area contributed by atoms with Crippen LogP contribution in [0.5, 0.6) is 0 Å². The molecule has 0 saturated carbocycles. The Hall–Kier alpha value is -1.43. The Bertz CT molecular complexity index is 369. The van der Waals surface area contributed by atoms with E-state index in [1.807, 2.05) is 0 Å². The molecule has 1 aliphatic heterocycles. The van der Waals surface area contributed by atoms with Gasteiger partial charge in [-0.3, -0.25) is 0 Å². The van der Waals surface area contributed by atoms with Gasteiger partial charge in [-0.05, 0) is 26.3 Å². The van der Waals surface area contributed by atoms with Crippen LogP contribution in [0, 0.1) is 0 Å². The highest BCUT2D eigenvalue weighted by atomic mass is 16.5. The Labute approximate surface area is 100 Å². The summed E-state index contributed by atoms with van der Waals surface area (Å²) in [4.78, 5) is 11.7. The molecule has 0 spiro atoms. The monoisotopic (exact) mass is 238 g/mol. The highest BCUT2D eigenvalue weighted by Crippen LogP contribution is 2.23. The minimum Gasteiger partial charge on any atom is -0.461 e. The Balaban J connectivity index is 2.14. The maximum atomic E-state index is 11.7. The van der Waals surface area contributed by atoms with Crippen LogP contribution in [0.4, 0.5) is 0 Å². The third-order valence-corrected chi connectivity index (χ3v) is 2.93. The zero-order valence-corrected chi connectivity index (χ0v) is 10.0. The summed E-state index contributed by atoms with van der Waals surface area (Å²) in [5.41, 5.74) is 0.997. The van der Waals surface area contributed by atoms with E-state index < -0.39 is 5.97 Å². The van der Waals surface area contributed by atoms with Gasteiger partial charge in [-0.2, -0.15) is 10.3 Å². The van der Waals surface area contributed by atoms with Gasteiger partial charge in [-0.25, -0.2) is 4.79 Å². The summed E-state index contributed by atoms with van der Waals surface area (Å²) in [6, 6.07) is 0.107. The van der Waals surface area contributed by atoms with E-state index in [4.69, 9.17) is 4.74 Å². The van der Waals surface area contributed by atoms with Crippen molar-refractivity contribution in [1.82, 2.24) is 20.7 Å². The van der Waals surface area contributed by atoms with Crippen LogP contribution in [0.15, 0.2) is 0 Å². The first-order valence-electron chi connectivity index (χ1n) is 6.14. The first kappa shape index (κ1) is 12.0. The molecule has 2 heterocycles. The predicted molar refractivity (Wildman–Crippen MR) is 61.6 cm³/mol. The fourth-order valence-electron chi connectivity index (χ4n) is 2.09. The van der Waals surface area contributed by atoms with Crippen LogP contribution < -0.4 is 5.32 Å². The first-order chi connectivity index (χ1) is 8.33. The normalized spacial score (nSPS) is 20.9. The molecule has 17 heavy (non-hydrogen) atoms. The zero-order valence-electron chi connectivity index (χ0n) is 10.0. The molecule has 1 unspecified atom stereocenters. The van der Waals surface area contributed by atoms with Gasteiger partial charge >= 0.3 is 5.97 Å². The van der Waals surface area contributed by atoms with Gasteiger partial charge in [0.15, 0.2) is 5.69 Å². The molecule has 6 heteroatoms. The average Bonchev–Trinajstić information content (AvgIpc) is 2.65. The van der Waals surface area contributed by atoms with Crippen LogP contribution in [0.25, 0.3) is 0 Å². The van der Waals surface area contributed by atoms with E-state index in [9.17, 15) is 4.79 Å². The lowest BCUT2D eigenvalue weighted by Crippen LogP contribution is -2.23. The van der Waals surface area contributed by atoms with Crippen LogP contribution in [0.1, 0.15) is 54.8 Å². The molecule has 94 valence electrons. The van der Waals surface area contributed by atoms with Crippen LogP contribution in [-0.2, 0) is 4.74 Å². The van der Waals surface area contributed by atoms with Crippen molar-refractivity contribution in [1.29, 1.82) is 0 Å². The lowest BCUT2D eigenvalue weighted by molar-refractivity contribution is 0.0517. The topological polar surface area (TPSA) is 79.9 Å². The molecule has 0 aliphatic carbocycles. The van der Waals surface area contributed by atoms with Crippen molar-refractivity contribution in [3.8, 4) is 0 Å². The Kier molecular flexibility index (Phi) is 4.08. The maximum Gasteiger partial charge on any atom is 0.360 e. The molecular weight excluding hydrogens is 220 g/mol. The number of ether oxygens (including phenoxy) is 1. The van der Waals surface area contributed by atoms with E-state index >= 15 is 0 Å². The molecule has 6 nitrogen and oxygen atoms in total. The third-order valence-electron chi connectivity index (χ3n) is 2.93. The van der Waals surface area contributed by atoms with Gasteiger partial charge in [-0.1, -0.05) is 12.8 Å². The lowest BCUT2D eigenvalue weighted by Gasteiger charge is -2.13. The fraction of sp³-hybridized carbons (Fsp3) is 0.727. The lowest BCUT2D eigenvalue weighted by atomic mass is 10.1. The van der Waals surface area contributed by atoms with E-state index in [2.05, 4.69) is 20.7 Å². The van der Waals surface area contributed by atoms with E-state index in [0.717, 1.165) is 19.4 Å². The molecule has 2 N–H and O–H groups in total. The summed E-state index contributed by atoms with van der Waals surface area (Å²) in [5, 5.41) is 13.9. The maximum absolute atomic E-state index is 11.7. The minimum absolute atomic E-state index is 0.107. The Morgan fingerprint density at radius 2 is 2.29 bits per heavy atom. The molecule has 0 bridgehead atoms. The van der Waals surface area contributed by atoms with Gasteiger partial charge in [0.25, 0.3) is 0 Å². The standard InChI is InChI=1S/C11H18N4O2/c1-2-17-11(16)10-9(13-15-14-10)8-6-4-3-5-7-12-8/h8,12H,2-7H2,1H3,(H,13,14,15). The summed E-state index contributed by atoms with van der Waals surface area (Å²) < 4.78 is 4.96. The smallest absolute Gasteiger partial charge is 0.360 e. The van der Waals surface area contributed by atoms with Gasteiger partial charge in [0.1, 0.15) is 5.69 Å². The SMILES string of the molecule is CCOC(=O)c1n[nH]nc1C1CCCCCN1. The number of hydrogen-bond acceptors (Lipinski definition) is 5. The number of esters is 1. The second-order valence-corrected chi connectivity index (χ2v) is 4.13. The van der Waals surface area contributed by atoms with E-state index in [0.29, 0.717) is 18.0 Å². The summed E-state index contributed by atoms with van der Waals surface area (Å²) in [6.07, 6.45) is 4.52. The summed E-state index contributed by atoms with van der Waals surface area (Å²) in [7, 11) is 0. The molecule has 1 aliphatic rings. The third kappa shape index (κ3) is 2.82. The molecule has 1 fully saturated rings. The fourth-order valence-corrected chi connectivity index (χ4v) is 2.09. The number of H-pyrrole nitrogens is 1. The number of rotatable bonds is 3. The molecule has 1 aromatic rings. The quantitative estimate of drug-likeness (QED) is 0.773. The molecular formula is C11H18N4O2. The number of carbonyl (C=O) groups excluding carboxylic acids is 1. The van der Waals surface area contributed by atoms with Gasteiger partial charge in [0, 0.05) is 0 Å². The van der Waals surface area contributed by atoms with Crippen molar-refractivity contribution in [2.24, 2.45) is 0 Å². The molecule has 0 amide bonds. The molecule has 1 atom stereocenters. The second kappa shape index (κ2) is 5.77. The van der Waals surface area contributed by atoms with Crippen LogP contribution in [-0.4, -0.2) is 34.5 Å². The molecule has 0 aromatic carbocycles. The number of nitrogens with one attached hydrogen (secondary N) is 2. The molecule has 1 aromatic heterocycles. The van der Waals surface area contributed by atoms with E-state index in [-0.39, 0.29) is 6.04 Å². The zero-order chi connectivity index (χ0) is 12.1. The predicted octanol–water partition coefficient (Wildman–Crippen LogP) is 1.19. The van der Waals surface area contributed by atoms with Gasteiger partial charge in [0.05, 0.1) is 12.6 Å². The number of aromatic amines is 1. The van der Waals surface area contributed by atoms with Crippen molar-refractivity contribution in [3.63, 3.8) is 0 Å². The average molecular weight is 238 g/mol. The number of aromatic nitrogens is 3. The van der Waals surface area contributed by atoms with Crippen LogP contribution in [0.2, 0.25) is 0 Å². The summed E-state index contributed by atoms with van der Waals surface area (Å²) in [5.74, 6) is -0.401. The van der Waals surface area contributed by atoms with Gasteiger partial charge < -0.3 is 10.1 Å². The van der Waals surface area contributed by atoms with E-state index in [1.165, 1.54) is 12.8 Å². The summed E-state index contributed by atoms with van der Waals surface area (Å²) >= 11 is 0. The van der Waals surface area contributed by atoms with Crippen LogP contribution >= 0.6 is 0 Å². The van der Waals surface area contributed by atoms with Crippen molar-refractivity contribution in [2.75, 3.05) is 13.2 Å². The molecule has 1 saturated heterocycles. The molecule has 0 radical (unpaired) electrons. The van der Waals surface area contributed by atoms with Gasteiger partial charge in [0.2, 0.25) is 0 Å². The van der Waals surface area contributed by atoms with Gasteiger partial charge in [-0.15, -0.1) is 5.10 Å². The van der Waals surface area contributed by atoms with Crippen molar-refractivity contribution in [3.05, 3.63) is 11.4 Å². The number of nitrogens with zero attached hydrogens (tertiary/aromatic N) is 2. The Morgan fingerprint density at radius 3 is 3.12 bits per heavy atom. The first-order valence-corrected chi connectivity index (χ1v) is 6.14. The van der Waals surface area contributed by atoms with Crippen molar-refractivity contribution in [2.45, 2.75) is 38.6 Å². The Morgan fingerprint density at radius 1 is 1.41 bits per heavy atom.